The maximum atomic E-state index is 14.4. The number of carbonyl (C=O) groups is 1. The number of hydrogen-bond acceptors (Lipinski definition) is 8. The summed E-state index contributed by atoms with van der Waals surface area (Å²) in [5.74, 6) is -0.0928. The predicted octanol–water partition coefficient (Wildman–Crippen LogP) is 4.45. The molecular weight excluding hydrogens is 554 g/mol. The highest BCUT2D eigenvalue weighted by atomic mass is 16.3. The molecule has 2 fully saturated rings. The van der Waals surface area contributed by atoms with Gasteiger partial charge in [-0.05, 0) is 73.8 Å². The molecule has 1 unspecified atom stereocenters. The summed E-state index contributed by atoms with van der Waals surface area (Å²) in [5.41, 5.74) is 4.10. The number of carbonyl (C=O) groups excluding carboxylic acids is 1. The van der Waals surface area contributed by atoms with Gasteiger partial charge in [-0.15, -0.1) is 10.2 Å². The van der Waals surface area contributed by atoms with E-state index in [-0.39, 0.29) is 11.8 Å². The topological polar surface area (TPSA) is 138 Å². The molecule has 2 saturated carbocycles. The number of rotatable bonds is 13. The summed E-state index contributed by atoms with van der Waals surface area (Å²) in [7, 11) is 0. The van der Waals surface area contributed by atoms with Crippen LogP contribution < -0.4 is 5.32 Å². The highest BCUT2D eigenvalue weighted by Gasteiger charge is 2.40. The molecule has 0 aromatic carbocycles. The first-order valence-electron chi connectivity index (χ1n) is 16.2. The Hall–Kier alpha value is -3.76. The average molecular weight is 598 g/mol. The lowest BCUT2D eigenvalue weighted by Crippen LogP contribution is -2.51. The Morgan fingerprint density at radius 2 is 1.80 bits per heavy atom. The molecule has 0 bridgehead atoms. The Bertz CT molecular complexity index is 1520. The van der Waals surface area contributed by atoms with Crippen LogP contribution in [-0.2, 0) is 17.6 Å². The van der Waals surface area contributed by atoms with Gasteiger partial charge >= 0.3 is 0 Å². The molecule has 1 amide bonds. The van der Waals surface area contributed by atoms with E-state index in [1.807, 2.05) is 30.3 Å². The molecule has 0 saturated heterocycles. The largest absolute Gasteiger partial charge is 0.390 e. The van der Waals surface area contributed by atoms with Crippen molar-refractivity contribution >= 4 is 11.6 Å². The van der Waals surface area contributed by atoms with Crippen molar-refractivity contribution in [1.29, 1.82) is 0 Å². The fraction of sp³-hybridized carbons (Fsp3) is 0.529. The maximum Gasteiger partial charge on any atom is 0.231 e. The van der Waals surface area contributed by atoms with Crippen molar-refractivity contribution in [3.63, 3.8) is 0 Å². The van der Waals surface area contributed by atoms with Crippen LogP contribution in [0.15, 0.2) is 55.1 Å². The molecule has 0 aliphatic heterocycles. The highest BCUT2D eigenvalue weighted by Crippen LogP contribution is 2.36. The first-order valence-corrected chi connectivity index (χ1v) is 16.2. The predicted molar refractivity (Wildman–Crippen MR) is 167 cm³/mol. The van der Waals surface area contributed by atoms with Crippen LogP contribution in [0, 0.1) is 11.8 Å². The van der Waals surface area contributed by atoms with Crippen LogP contribution >= 0.6 is 0 Å². The van der Waals surface area contributed by atoms with Crippen LogP contribution in [0.5, 0.6) is 0 Å². The maximum absolute atomic E-state index is 14.4. The van der Waals surface area contributed by atoms with Gasteiger partial charge in [0, 0.05) is 35.9 Å². The summed E-state index contributed by atoms with van der Waals surface area (Å²) < 4.78 is 1.71. The van der Waals surface area contributed by atoms with Crippen molar-refractivity contribution in [2.75, 3.05) is 0 Å². The number of nitrogens with zero attached hydrogens (tertiary/aromatic N) is 6. The number of aryl methyl sites for hydroxylation is 1. The van der Waals surface area contributed by atoms with Gasteiger partial charge in [0.15, 0.2) is 11.5 Å². The second-order valence-corrected chi connectivity index (χ2v) is 12.6. The molecule has 0 radical (unpaired) electrons. The molecule has 10 heteroatoms. The van der Waals surface area contributed by atoms with Gasteiger partial charge in [-0.3, -0.25) is 14.8 Å². The minimum absolute atomic E-state index is 0.0921. The zero-order valence-electron chi connectivity index (χ0n) is 25.4. The lowest BCUT2D eigenvalue weighted by molar-refractivity contribution is -0.125. The number of aromatic nitrogens is 6. The van der Waals surface area contributed by atoms with E-state index in [1.54, 1.807) is 29.3 Å². The van der Waals surface area contributed by atoms with Crippen LogP contribution in [0.3, 0.4) is 0 Å². The second kappa shape index (κ2) is 13.9. The van der Waals surface area contributed by atoms with Crippen LogP contribution in [0.4, 0.5) is 0 Å². The number of nitrogens with one attached hydrogen (secondary N) is 1. The number of aliphatic hydroxyl groups is 2. The van der Waals surface area contributed by atoms with Crippen LogP contribution in [0.1, 0.15) is 87.6 Å². The average Bonchev–Trinajstić information content (AvgIpc) is 3.83. The summed E-state index contributed by atoms with van der Waals surface area (Å²) in [6.07, 6.45) is 15.3. The molecule has 2 aliphatic carbocycles. The molecule has 6 rings (SSSR count). The normalized spacial score (nSPS) is 18.5. The second-order valence-electron chi connectivity index (χ2n) is 12.6. The van der Waals surface area contributed by atoms with E-state index < -0.39 is 24.2 Å². The van der Waals surface area contributed by atoms with Crippen molar-refractivity contribution in [2.45, 2.75) is 102 Å². The standard InChI is InChI=1S/C34H43N7O3/c1-2-8-25-19-28(26-12-7-16-36-21-26)40-41-32(25)38-39-33(41)27(17-23-11-6-15-35-20-23)34(44)37-29(18-22-9-4-3-5-10-22)31(43)30(42)24-13-14-24/h6-7,11-12,15-16,19-22,24,27,29-31,42-43H,2-5,8-10,13-14,17-18H2,1H3,(H,37,44)/t27?,29-,30-,31+/m0/s1. The Balaban J connectivity index is 1.37. The molecule has 232 valence electrons. The molecule has 4 atom stereocenters. The van der Waals surface area contributed by atoms with E-state index >= 15 is 0 Å². The van der Waals surface area contributed by atoms with E-state index in [2.05, 4.69) is 32.4 Å². The van der Waals surface area contributed by atoms with Crippen LogP contribution in [-0.4, -0.2) is 64.1 Å². The third kappa shape index (κ3) is 6.97. The molecular formula is C34H43N7O3. The van der Waals surface area contributed by atoms with E-state index in [0.29, 0.717) is 30.2 Å². The molecule has 3 N–H and O–H groups in total. The lowest BCUT2D eigenvalue weighted by Gasteiger charge is -2.33. The van der Waals surface area contributed by atoms with Gasteiger partial charge < -0.3 is 15.5 Å². The summed E-state index contributed by atoms with van der Waals surface area (Å²) in [5, 5.41) is 39.5. The van der Waals surface area contributed by atoms with Crippen LogP contribution in [0.2, 0.25) is 0 Å². The minimum atomic E-state index is -1.03. The quantitative estimate of drug-likeness (QED) is 0.206. The molecule has 4 heterocycles. The Morgan fingerprint density at radius 1 is 1.02 bits per heavy atom. The summed E-state index contributed by atoms with van der Waals surface area (Å²) in [4.78, 5) is 22.9. The molecule has 44 heavy (non-hydrogen) atoms. The molecule has 4 aromatic heterocycles. The third-order valence-corrected chi connectivity index (χ3v) is 9.24. The van der Waals surface area contributed by atoms with Crippen molar-refractivity contribution in [3.05, 3.63) is 72.1 Å². The number of aliphatic hydroxyl groups excluding tert-OH is 2. The van der Waals surface area contributed by atoms with Gasteiger partial charge in [0.2, 0.25) is 5.91 Å². The van der Waals surface area contributed by atoms with E-state index in [9.17, 15) is 15.0 Å². The minimum Gasteiger partial charge on any atom is -0.390 e. The van der Waals surface area contributed by atoms with Gasteiger partial charge in [-0.1, -0.05) is 51.5 Å². The van der Waals surface area contributed by atoms with Gasteiger partial charge in [0.25, 0.3) is 0 Å². The number of hydrogen-bond donors (Lipinski definition) is 3. The SMILES string of the molecule is CCCc1cc(-c2cccnc2)nn2c(C(Cc3cccnc3)C(=O)N[C@@H](CC3CCCCC3)[C@@H](O)[C@@H](O)C3CC3)nnc12. The van der Waals surface area contributed by atoms with Gasteiger partial charge in [0.05, 0.1) is 17.8 Å². The Kier molecular flexibility index (Phi) is 9.57. The molecule has 2 aliphatic rings. The lowest BCUT2D eigenvalue weighted by atomic mass is 9.82. The van der Waals surface area contributed by atoms with Crippen molar-refractivity contribution in [2.24, 2.45) is 11.8 Å². The van der Waals surface area contributed by atoms with Gasteiger partial charge in [0.1, 0.15) is 12.0 Å². The zero-order chi connectivity index (χ0) is 30.5. The molecule has 4 aromatic rings. The fourth-order valence-electron chi connectivity index (χ4n) is 6.64. The summed E-state index contributed by atoms with van der Waals surface area (Å²) in [6, 6.07) is 9.10. The van der Waals surface area contributed by atoms with Crippen molar-refractivity contribution in [1.82, 2.24) is 35.1 Å². The highest BCUT2D eigenvalue weighted by molar-refractivity contribution is 5.83. The van der Waals surface area contributed by atoms with Gasteiger partial charge in [-0.2, -0.15) is 9.61 Å². The van der Waals surface area contributed by atoms with E-state index in [0.717, 1.165) is 73.8 Å². The Labute approximate surface area is 258 Å². The fourth-order valence-corrected chi connectivity index (χ4v) is 6.64. The third-order valence-electron chi connectivity index (χ3n) is 9.24. The van der Waals surface area contributed by atoms with Crippen molar-refractivity contribution < 1.29 is 15.0 Å². The van der Waals surface area contributed by atoms with E-state index in [4.69, 9.17) is 5.10 Å². The smallest absolute Gasteiger partial charge is 0.231 e. The molecule has 0 spiro atoms. The zero-order valence-corrected chi connectivity index (χ0v) is 25.4. The number of pyridine rings is 2. The summed E-state index contributed by atoms with van der Waals surface area (Å²) >= 11 is 0. The number of amides is 1. The van der Waals surface area contributed by atoms with Crippen molar-refractivity contribution in [3.8, 4) is 11.3 Å². The monoisotopic (exact) mass is 597 g/mol. The summed E-state index contributed by atoms with van der Waals surface area (Å²) in [6.45, 7) is 2.12. The number of fused-ring (bicyclic) bond motifs is 1. The Morgan fingerprint density at radius 3 is 2.48 bits per heavy atom. The van der Waals surface area contributed by atoms with Crippen LogP contribution in [0.25, 0.3) is 16.9 Å². The first kappa shape index (κ1) is 30.3. The van der Waals surface area contributed by atoms with Gasteiger partial charge in [-0.25, -0.2) is 0 Å². The first-order chi connectivity index (χ1) is 21.5. The molecule has 10 nitrogen and oxygen atoms in total. The van der Waals surface area contributed by atoms with E-state index in [1.165, 1.54) is 6.42 Å².